The first-order valence-corrected chi connectivity index (χ1v) is 9.10. The lowest BCUT2D eigenvalue weighted by Gasteiger charge is -2.14. The predicted octanol–water partition coefficient (Wildman–Crippen LogP) is 3.62. The lowest BCUT2D eigenvalue weighted by atomic mass is 10.0. The minimum absolute atomic E-state index is 0.379. The summed E-state index contributed by atoms with van der Waals surface area (Å²) >= 11 is 0. The summed E-state index contributed by atoms with van der Waals surface area (Å²) in [4.78, 5) is 24.5. The number of allylic oxidation sites excluding steroid dienone is 1. The molecule has 2 N–H and O–H groups in total. The molecule has 0 fully saturated rings. The molecular weight excluding hydrogens is 356 g/mol. The highest BCUT2D eigenvalue weighted by Gasteiger charge is 2.11. The third-order valence-electron chi connectivity index (χ3n) is 4.14. The average molecular weight is 382 g/mol. The zero-order chi connectivity index (χ0) is 20.4. The van der Waals surface area contributed by atoms with E-state index in [-0.39, 0.29) is 5.91 Å². The molecule has 0 heterocycles. The highest BCUT2D eigenvalue weighted by Crippen LogP contribution is 2.19. The van der Waals surface area contributed by atoms with Gasteiger partial charge in [-0.05, 0) is 29.7 Å². The molecule has 2 aromatic rings. The maximum atomic E-state index is 12.2. The summed E-state index contributed by atoms with van der Waals surface area (Å²) in [7, 11) is 3.08. The topological polar surface area (TPSA) is 76.7 Å². The van der Waals surface area contributed by atoms with Crippen LogP contribution >= 0.6 is 0 Å². The van der Waals surface area contributed by atoms with Crippen molar-refractivity contribution in [3.05, 3.63) is 77.4 Å². The molecule has 0 aliphatic heterocycles. The number of rotatable bonds is 8. The second-order valence-electron chi connectivity index (χ2n) is 6.15. The number of nitrogens with one attached hydrogen (secondary N) is 2. The summed E-state index contributed by atoms with van der Waals surface area (Å²) in [6.45, 7) is 2.05. The SMILES string of the molecule is CCC/C(=C/C(=O)NNC(=O)c1ccc(C(OC)OC)cc1)c1ccccc1. The Kier molecular flexibility index (Phi) is 8.39. The average Bonchev–Trinajstić information content (AvgIpc) is 2.73. The second kappa shape index (κ2) is 11.0. The molecule has 0 bridgehead atoms. The Morgan fingerprint density at radius 1 is 0.929 bits per heavy atom. The van der Waals surface area contributed by atoms with Gasteiger partial charge in [0.1, 0.15) is 0 Å². The molecule has 148 valence electrons. The van der Waals surface area contributed by atoms with E-state index < -0.39 is 12.2 Å². The van der Waals surface area contributed by atoms with E-state index in [1.807, 2.05) is 30.3 Å². The summed E-state index contributed by atoms with van der Waals surface area (Å²) in [5.41, 5.74) is 7.98. The number of carbonyl (C=O) groups is 2. The first kappa shape index (κ1) is 21.3. The van der Waals surface area contributed by atoms with Crippen molar-refractivity contribution in [3.8, 4) is 0 Å². The Balaban J connectivity index is 1.98. The molecule has 0 radical (unpaired) electrons. The highest BCUT2D eigenvalue weighted by atomic mass is 16.7. The van der Waals surface area contributed by atoms with E-state index in [1.165, 1.54) is 6.08 Å². The summed E-state index contributed by atoms with van der Waals surface area (Å²) in [5, 5.41) is 0. The number of ether oxygens (including phenoxy) is 2. The maximum absolute atomic E-state index is 12.2. The highest BCUT2D eigenvalue weighted by molar-refractivity contribution is 5.99. The van der Waals surface area contributed by atoms with Gasteiger partial charge in [-0.25, -0.2) is 0 Å². The Labute approximate surface area is 165 Å². The van der Waals surface area contributed by atoms with Gasteiger partial charge < -0.3 is 9.47 Å². The van der Waals surface area contributed by atoms with Crippen LogP contribution in [0.3, 0.4) is 0 Å². The fourth-order valence-corrected chi connectivity index (χ4v) is 2.77. The van der Waals surface area contributed by atoms with Crippen LogP contribution < -0.4 is 10.9 Å². The molecule has 0 aliphatic carbocycles. The van der Waals surface area contributed by atoms with Gasteiger partial charge in [-0.2, -0.15) is 0 Å². The first-order valence-electron chi connectivity index (χ1n) is 9.10. The van der Waals surface area contributed by atoms with Crippen LogP contribution in [-0.4, -0.2) is 26.0 Å². The number of hydrogen-bond acceptors (Lipinski definition) is 4. The molecule has 0 saturated carbocycles. The molecular formula is C22H26N2O4. The molecule has 2 rings (SSSR count). The molecule has 6 heteroatoms. The van der Waals surface area contributed by atoms with Crippen molar-refractivity contribution in [2.75, 3.05) is 14.2 Å². The normalized spacial score (nSPS) is 11.4. The summed E-state index contributed by atoms with van der Waals surface area (Å²) in [5.74, 6) is -0.785. The maximum Gasteiger partial charge on any atom is 0.269 e. The quantitative estimate of drug-likeness (QED) is 0.415. The Morgan fingerprint density at radius 3 is 2.14 bits per heavy atom. The predicted molar refractivity (Wildman–Crippen MR) is 108 cm³/mol. The van der Waals surface area contributed by atoms with Crippen LogP contribution in [0, 0.1) is 0 Å². The third-order valence-corrected chi connectivity index (χ3v) is 4.14. The van der Waals surface area contributed by atoms with Crippen LogP contribution in [0.5, 0.6) is 0 Å². The van der Waals surface area contributed by atoms with Crippen LogP contribution in [0.15, 0.2) is 60.7 Å². The molecule has 6 nitrogen and oxygen atoms in total. The van der Waals surface area contributed by atoms with E-state index in [9.17, 15) is 9.59 Å². The molecule has 0 saturated heterocycles. The number of hydrazine groups is 1. The molecule has 2 aromatic carbocycles. The smallest absolute Gasteiger partial charge is 0.269 e. The van der Waals surface area contributed by atoms with Crippen molar-refractivity contribution in [1.82, 2.24) is 10.9 Å². The minimum atomic E-state index is -0.489. The van der Waals surface area contributed by atoms with Gasteiger partial charge in [-0.1, -0.05) is 55.8 Å². The van der Waals surface area contributed by atoms with Gasteiger partial charge >= 0.3 is 0 Å². The van der Waals surface area contributed by atoms with Gasteiger partial charge in [0.15, 0.2) is 6.29 Å². The zero-order valence-corrected chi connectivity index (χ0v) is 16.4. The molecule has 28 heavy (non-hydrogen) atoms. The fraction of sp³-hybridized carbons (Fsp3) is 0.273. The largest absolute Gasteiger partial charge is 0.352 e. The van der Waals surface area contributed by atoms with Crippen molar-refractivity contribution in [2.24, 2.45) is 0 Å². The van der Waals surface area contributed by atoms with Crippen LogP contribution in [-0.2, 0) is 14.3 Å². The Hall–Kier alpha value is -2.96. The van der Waals surface area contributed by atoms with E-state index in [0.717, 1.165) is 29.5 Å². The van der Waals surface area contributed by atoms with Gasteiger partial charge in [0, 0.05) is 31.4 Å². The summed E-state index contributed by atoms with van der Waals surface area (Å²) in [6.07, 6.45) is 2.71. The molecule has 0 aliphatic rings. The molecule has 0 spiro atoms. The number of carbonyl (C=O) groups excluding carboxylic acids is 2. The first-order chi connectivity index (χ1) is 13.6. The van der Waals surface area contributed by atoms with Crippen LogP contribution in [0.25, 0.3) is 5.57 Å². The van der Waals surface area contributed by atoms with Gasteiger partial charge in [-0.15, -0.1) is 0 Å². The lowest BCUT2D eigenvalue weighted by molar-refractivity contribution is -0.117. The van der Waals surface area contributed by atoms with E-state index in [2.05, 4.69) is 17.8 Å². The molecule has 2 amide bonds. The van der Waals surface area contributed by atoms with Crippen molar-refractivity contribution >= 4 is 17.4 Å². The van der Waals surface area contributed by atoms with Crippen molar-refractivity contribution in [2.45, 2.75) is 26.1 Å². The fourth-order valence-electron chi connectivity index (χ4n) is 2.77. The molecule has 0 aromatic heterocycles. The Bertz CT molecular complexity index is 797. The van der Waals surface area contributed by atoms with Crippen molar-refractivity contribution in [3.63, 3.8) is 0 Å². The van der Waals surface area contributed by atoms with E-state index in [1.54, 1.807) is 38.5 Å². The van der Waals surface area contributed by atoms with E-state index in [0.29, 0.717) is 5.56 Å². The van der Waals surface area contributed by atoms with Gasteiger partial charge in [0.2, 0.25) is 0 Å². The monoisotopic (exact) mass is 382 g/mol. The Morgan fingerprint density at radius 2 is 1.57 bits per heavy atom. The number of hydrogen-bond donors (Lipinski definition) is 2. The van der Waals surface area contributed by atoms with Crippen LogP contribution in [0.1, 0.15) is 47.5 Å². The molecule has 0 atom stereocenters. The summed E-state index contributed by atoms with van der Waals surface area (Å²) < 4.78 is 10.3. The van der Waals surface area contributed by atoms with Crippen molar-refractivity contribution < 1.29 is 19.1 Å². The minimum Gasteiger partial charge on any atom is -0.352 e. The van der Waals surface area contributed by atoms with E-state index >= 15 is 0 Å². The lowest BCUT2D eigenvalue weighted by Crippen LogP contribution is -2.40. The zero-order valence-electron chi connectivity index (χ0n) is 16.4. The van der Waals surface area contributed by atoms with Crippen molar-refractivity contribution in [1.29, 1.82) is 0 Å². The third kappa shape index (κ3) is 6.04. The number of benzene rings is 2. The van der Waals surface area contributed by atoms with Crippen LogP contribution in [0.4, 0.5) is 0 Å². The van der Waals surface area contributed by atoms with E-state index in [4.69, 9.17) is 9.47 Å². The van der Waals surface area contributed by atoms with Gasteiger partial charge in [0.05, 0.1) is 0 Å². The van der Waals surface area contributed by atoms with Gasteiger partial charge in [-0.3, -0.25) is 20.4 Å². The van der Waals surface area contributed by atoms with Gasteiger partial charge in [0.25, 0.3) is 11.8 Å². The summed E-state index contributed by atoms with van der Waals surface area (Å²) in [6, 6.07) is 16.5. The number of amides is 2. The standard InChI is InChI=1S/C22H26N2O4/c1-4-8-19(16-9-6-5-7-10-16)15-20(25)23-24-21(26)17-11-13-18(14-12-17)22(27-2)28-3/h5-7,9-15,22H,4,8H2,1-3H3,(H,23,25)(H,24,26)/b19-15-. The van der Waals surface area contributed by atoms with Crippen LogP contribution in [0.2, 0.25) is 0 Å². The second-order valence-corrected chi connectivity index (χ2v) is 6.15. The number of methoxy groups -OCH3 is 2. The molecule has 0 unspecified atom stereocenters.